The molecule has 0 aromatic carbocycles. The van der Waals surface area contributed by atoms with Crippen LogP contribution in [0.15, 0.2) is 24.7 Å². The molecule has 2 aromatic rings. The molecule has 0 unspecified atom stereocenters. The highest BCUT2D eigenvalue weighted by atomic mass is 19.4. The van der Waals surface area contributed by atoms with Gasteiger partial charge in [-0.25, -0.2) is 15.0 Å². The molecule has 0 aliphatic heterocycles. The quantitative estimate of drug-likeness (QED) is 0.815. The minimum Gasteiger partial charge on any atom is -0.336 e. The largest absolute Gasteiger partial charge is 0.433 e. The Bertz CT molecular complexity index is 609. The smallest absolute Gasteiger partial charge is 0.336 e. The minimum absolute atomic E-state index is 0.00601. The van der Waals surface area contributed by atoms with Gasteiger partial charge in [0.1, 0.15) is 11.5 Å². The molecule has 0 fully saturated rings. The Balaban J connectivity index is 2.21. The van der Waals surface area contributed by atoms with Gasteiger partial charge in [0.05, 0.1) is 6.54 Å². The summed E-state index contributed by atoms with van der Waals surface area (Å²) in [7, 11) is 1.39. The van der Waals surface area contributed by atoms with Crippen LogP contribution in [0.4, 0.5) is 27.9 Å². The molecule has 21 heavy (non-hydrogen) atoms. The highest BCUT2D eigenvalue weighted by Gasteiger charge is 2.33. The average Bonchev–Trinajstić information content (AvgIpc) is 2.86. The van der Waals surface area contributed by atoms with Crippen LogP contribution < -0.4 is 4.90 Å². The molecule has 0 saturated heterocycles. The fraction of sp³-hybridized carbons (Fsp3) is 0.364. The van der Waals surface area contributed by atoms with Crippen molar-refractivity contribution >= 4 is 5.95 Å². The van der Waals surface area contributed by atoms with E-state index in [4.69, 9.17) is 0 Å². The molecule has 114 valence electrons. The van der Waals surface area contributed by atoms with E-state index in [9.17, 15) is 22.0 Å². The second-order valence-electron chi connectivity index (χ2n) is 4.12. The zero-order valence-electron chi connectivity index (χ0n) is 10.7. The monoisotopic (exact) mass is 307 g/mol. The van der Waals surface area contributed by atoms with Crippen LogP contribution in [0.3, 0.4) is 0 Å². The van der Waals surface area contributed by atoms with Gasteiger partial charge in [-0.1, -0.05) is 0 Å². The fourth-order valence-corrected chi connectivity index (χ4v) is 1.62. The average molecular weight is 307 g/mol. The second kappa shape index (κ2) is 5.62. The van der Waals surface area contributed by atoms with E-state index in [2.05, 4.69) is 15.0 Å². The fourth-order valence-electron chi connectivity index (χ4n) is 1.62. The maximum Gasteiger partial charge on any atom is 0.433 e. The highest BCUT2D eigenvalue weighted by molar-refractivity contribution is 5.30. The van der Waals surface area contributed by atoms with E-state index in [-0.39, 0.29) is 18.3 Å². The number of alkyl halides is 5. The molecule has 0 aliphatic carbocycles. The first-order valence-corrected chi connectivity index (χ1v) is 5.70. The molecule has 0 atom stereocenters. The Labute approximate surface area is 116 Å². The molecule has 10 heteroatoms. The van der Waals surface area contributed by atoms with Gasteiger partial charge in [-0.15, -0.1) is 0 Å². The first kappa shape index (κ1) is 15.1. The highest BCUT2D eigenvalue weighted by Crippen LogP contribution is 2.28. The summed E-state index contributed by atoms with van der Waals surface area (Å²) >= 11 is 0. The molecule has 5 nitrogen and oxygen atoms in total. The van der Waals surface area contributed by atoms with Crippen molar-refractivity contribution in [2.24, 2.45) is 0 Å². The summed E-state index contributed by atoms with van der Waals surface area (Å²) in [5, 5.41) is 0. The first-order chi connectivity index (χ1) is 9.79. The van der Waals surface area contributed by atoms with Crippen LogP contribution in [0.25, 0.3) is 0 Å². The van der Waals surface area contributed by atoms with Gasteiger partial charge in [0, 0.05) is 25.6 Å². The molecule has 2 heterocycles. The summed E-state index contributed by atoms with van der Waals surface area (Å²) in [6.07, 6.45) is -1.37. The van der Waals surface area contributed by atoms with Gasteiger partial charge in [-0.3, -0.25) is 4.57 Å². The SMILES string of the molecule is CN(Cc1nccn1C(F)F)c1nccc(C(F)(F)F)n1. The zero-order valence-corrected chi connectivity index (χ0v) is 10.7. The molecule has 0 bridgehead atoms. The standard InChI is InChI=1S/C11H10F5N5/c1-20(6-8-17-4-5-21(8)9(12)13)10-18-3-2-7(19-10)11(14,15)16/h2-5,9H,6H2,1H3. The van der Waals surface area contributed by atoms with Crippen molar-refractivity contribution in [2.45, 2.75) is 19.3 Å². The Morgan fingerprint density at radius 2 is 1.95 bits per heavy atom. The van der Waals surface area contributed by atoms with Crippen LogP contribution in [0.1, 0.15) is 18.1 Å². The Hall–Kier alpha value is -2.26. The lowest BCUT2D eigenvalue weighted by Gasteiger charge is -2.18. The third kappa shape index (κ3) is 3.44. The number of nitrogens with zero attached hydrogens (tertiary/aromatic N) is 5. The molecule has 0 radical (unpaired) electrons. The molecular formula is C11H10F5N5. The molecule has 0 saturated carbocycles. The van der Waals surface area contributed by atoms with Crippen LogP contribution in [0, 0.1) is 0 Å². The van der Waals surface area contributed by atoms with Crippen LogP contribution in [0.2, 0.25) is 0 Å². The summed E-state index contributed by atoms with van der Waals surface area (Å²) in [6, 6.07) is 0.734. The van der Waals surface area contributed by atoms with Gasteiger partial charge in [0.15, 0.2) is 0 Å². The predicted molar refractivity (Wildman–Crippen MR) is 62.6 cm³/mol. The number of hydrogen-bond acceptors (Lipinski definition) is 4. The number of hydrogen-bond donors (Lipinski definition) is 0. The van der Waals surface area contributed by atoms with Gasteiger partial charge in [0.2, 0.25) is 5.95 Å². The van der Waals surface area contributed by atoms with Gasteiger partial charge in [0.25, 0.3) is 0 Å². The molecule has 0 spiro atoms. The maximum atomic E-state index is 12.7. The Kier molecular flexibility index (Phi) is 4.05. The van der Waals surface area contributed by atoms with E-state index in [1.165, 1.54) is 18.1 Å². The van der Waals surface area contributed by atoms with Crippen molar-refractivity contribution in [3.63, 3.8) is 0 Å². The summed E-state index contributed by atoms with van der Waals surface area (Å²) in [6.45, 7) is -2.93. The first-order valence-electron chi connectivity index (χ1n) is 5.70. The summed E-state index contributed by atoms with van der Waals surface area (Å²) in [5.74, 6) is -0.234. The number of anilines is 1. The number of halogens is 5. The maximum absolute atomic E-state index is 12.7. The molecule has 0 amide bonds. The van der Waals surface area contributed by atoms with Crippen LogP contribution >= 0.6 is 0 Å². The third-order valence-electron chi connectivity index (χ3n) is 2.61. The van der Waals surface area contributed by atoms with Gasteiger partial charge in [-0.05, 0) is 6.07 Å². The predicted octanol–water partition coefficient (Wildman–Crippen LogP) is 2.72. The van der Waals surface area contributed by atoms with E-state index in [0.29, 0.717) is 4.57 Å². The van der Waals surface area contributed by atoms with Crippen molar-refractivity contribution in [3.05, 3.63) is 36.2 Å². The summed E-state index contributed by atoms with van der Waals surface area (Å²) < 4.78 is 63.6. The topological polar surface area (TPSA) is 46.8 Å². The normalized spacial score (nSPS) is 12.0. The van der Waals surface area contributed by atoms with Crippen LogP contribution in [-0.2, 0) is 12.7 Å². The van der Waals surface area contributed by atoms with E-state index < -0.39 is 18.4 Å². The summed E-state index contributed by atoms with van der Waals surface area (Å²) in [4.78, 5) is 12.0. The lowest BCUT2D eigenvalue weighted by atomic mass is 10.4. The van der Waals surface area contributed by atoms with Crippen LogP contribution in [0.5, 0.6) is 0 Å². The van der Waals surface area contributed by atoms with Crippen molar-refractivity contribution in [2.75, 3.05) is 11.9 Å². The third-order valence-corrected chi connectivity index (χ3v) is 2.61. The van der Waals surface area contributed by atoms with Crippen molar-refractivity contribution in [1.82, 2.24) is 19.5 Å². The van der Waals surface area contributed by atoms with Crippen molar-refractivity contribution < 1.29 is 22.0 Å². The second-order valence-corrected chi connectivity index (χ2v) is 4.12. The molecule has 2 rings (SSSR count). The zero-order chi connectivity index (χ0) is 15.6. The van der Waals surface area contributed by atoms with Crippen LogP contribution in [-0.4, -0.2) is 26.6 Å². The van der Waals surface area contributed by atoms with E-state index in [0.717, 1.165) is 18.5 Å². The number of rotatable bonds is 4. The molecular weight excluding hydrogens is 297 g/mol. The number of aromatic nitrogens is 4. The van der Waals surface area contributed by atoms with Gasteiger partial charge in [-0.2, -0.15) is 22.0 Å². The van der Waals surface area contributed by atoms with E-state index >= 15 is 0 Å². The number of imidazole rings is 1. The molecule has 0 aliphatic rings. The van der Waals surface area contributed by atoms with Gasteiger partial charge >= 0.3 is 12.7 Å². The lowest BCUT2D eigenvalue weighted by molar-refractivity contribution is -0.141. The van der Waals surface area contributed by atoms with E-state index in [1.54, 1.807) is 0 Å². The minimum atomic E-state index is -4.60. The van der Waals surface area contributed by atoms with Crippen molar-refractivity contribution in [3.8, 4) is 0 Å². The Morgan fingerprint density at radius 3 is 2.57 bits per heavy atom. The Morgan fingerprint density at radius 1 is 1.24 bits per heavy atom. The molecule has 0 N–H and O–H groups in total. The van der Waals surface area contributed by atoms with Crippen molar-refractivity contribution in [1.29, 1.82) is 0 Å². The van der Waals surface area contributed by atoms with Gasteiger partial charge < -0.3 is 4.90 Å². The van der Waals surface area contributed by atoms with E-state index in [1.807, 2.05) is 0 Å². The molecule has 2 aromatic heterocycles. The lowest BCUT2D eigenvalue weighted by Crippen LogP contribution is -2.23. The summed E-state index contributed by atoms with van der Waals surface area (Å²) in [5.41, 5.74) is -1.10.